The van der Waals surface area contributed by atoms with Crippen LogP contribution in [0.3, 0.4) is 0 Å². The van der Waals surface area contributed by atoms with E-state index in [1.165, 1.54) is 6.20 Å². The number of aromatic nitrogens is 1. The lowest BCUT2D eigenvalue weighted by Gasteiger charge is -1.99. The van der Waals surface area contributed by atoms with Gasteiger partial charge in [0.2, 0.25) is 0 Å². The van der Waals surface area contributed by atoms with E-state index in [9.17, 15) is 5.21 Å². The molecule has 0 saturated carbocycles. The summed E-state index contributed by atoms with van der Waals surface area (Å²) in [6.45, 7) is 0. The number of benzene rings is 1. The van der Waals surface area contributed by atoms with Crippen LogP contribution in [0.5, 0.6) is 0 Å². The lowest BCUT2D eigenvalue weighted by atomic mass is 10.2. The van der Waals surface area contributed by atoms with Gasteiger partial charge in [-0.05, 0) is 27.4 Å². The molecule has 0 spiro atoms. The molecule has 0 radical (unpaired) electrons. The molecule has 0 aliphatic carbocycles. The maximum atomic E-state index is 10.9. The van der Waals surface area contributed by atoms with Gasteiger partial charge in [0.05, 0.1) is 5.39 Å². The number of hydrogen-bond acceptors (Lipinski definition) is 1. The molecule has 0 amide bonds. The Balaban J connectivity index is 2.88. The molecule has 2 nitrogen and oxygen atoms in total. The number of hydrogen-bond donors (Lipinski definition) is 0. The van der Waals surface area contributed by atoms with Crippen molar-refractivity contribution in [2.45, 2.75) is 0 Å². The third-order valence-electron chi connectivity index (χ3n) is 1.74. The Morgan fingerprint density at radius 3 is 2.92 bits per heavy atom. The Kier molecular flexibility index (Phi) is 1.73. The maximum Gasteiger partial charge on any atom is 0.189 e. The number of rotatable bonds is 0. The summed E-state index contributed by atoms with van der Waals surface area (Å²) in [4.78, 5) is 0. The minimum absolute atomic E-state index is 0.799. The van der Waals surface area contributed by atoms with Crippen molar-refractivity contribution in [2.75, 3.05) is 0 Å². The molecule has 12 heavy (non-hydrogen) atoms. The van der Waals surface area contributed by atoms with E-state index >= 15 is 0 Å². The van der Waals surface area contributed by atoms with Crippen LogP contribution in [0, 0.1) is 5.21 Å². The van der Waals surface area contributed by atoms with Gasteiger partial charge in [-0.2, -0.15) is 4.73 Å². The van der Waals surface area contributed by atoms with Crippen molar-refractivity contribution >= 4 is 26.7 Å². The molecule has 0 saturated heterocycles. The van der Waals surface area contributed by atoms with Crippen LogP contribution in [0.1, 0.15) is 0 Å². The van der Waals surface area contributed by atoms with Crippen molar-refractivity contribution in [3.8, 4) is 0 Å². The molecule has 1 aromatic heterocycles. The van der Waals surface area contributed by atoms with Crippen molar-refractivity contribution in [1.82, 2.24) is 0 Å². The van der Waals surface area contributed by atoms with Crippen LogP contribution < -0.4 is 4.73 Å². The highest BCUT2D eigenvalue weighted by Crippen LogP contribution is 2.21. The monoisotopic (exact) mass is 223 g/mol. The van der Waals surface area contributed by atoms with Gasteiger partial charge in [0.15, 0.2) is 12.4 Å². The maximum absolute atomic E-state index is 10.9. The molecular weight excluding hydrogens is 218 g/mol. The number of nitrogens with zero attached hydrogens (tertiary/aromatic N) is 1. The fourth-order valence-corrected chi connectivity index (χ4v) is 1.64. The molecule has 2 aromatic rings. The van der Waals surface area contributed by atoms with E-state index in [0.29, 0.717) is 0 Å². The van der Waals surface area contributed by atoms with Crippen LogP contribution in [0.4, 0.5) is 0 Å². The highest BCUT2D eigenvalue weighted by Gasteiger charge is 2.00. The Morgan fingerprint density at radius 1 is 1.25 bits per heavy atom. The largest absolute Gasteiger partial charge is 0.619 e. The van der Waals surface area contributed by atoms with Crippen molar-refractivity contribution in [2.24, 2.45) is 0 Å². The van der Waals surface area contributed by atoms with Gasteiger partial charge in [0.25, 0.3) is 0 Å². The van der Waals surface area contributed by atoms with Crippen LogP contribution in [-0.4, -0.2) is 0 Å². The van der Waals surface area contributed by atoms with E-state index in [2.05, 4.69) is 15.9 Å². The van der Waals surface area contributed by atoms with Crippen LogP contribution in [-0.2, 0) is 0 Å². The molecule has 0 unspecified atom stereocenters. The molecule has 0 aliphatic rings. The van der Waals surface area contributed by atoms with Gasteiger partial charge in [0, 0.05) is 10.5 Å². The SMILES string of the molecule is [O-][n+]1ccc2cccc(Br)c2c1. The molecule has 3 heteroatoms. The molecule has 0 atom stereocenters. The summed E-state index contributed by atoms with van der Waals surface area (Å²) >= 11 is 3.38. The topological polar surface area (TPSA) is 26.9 Å². The first kappa shape index (κ1) is 7.55. The Bertz CT molecular complexity index is 428. The molecule has 60 valence electrons. The Hall–Kier alpha value is -1.09. The summed E-state index contributed by atoms with van der Waals surface area (Å²) in [5, 5.41) is 12.9. The van der Waals surface area contributed by atoms with Crippen molar-refractivity contribution in [3.05, 3.63) is 46.3 Å². The minimum Gasteiger partial charge on any atom is -0.619 e. The van der Waals surface area contributed by atoms with Gasteiger partial charge in [-0.1, -0.05) is 12.1 Å². The predicted molar refractivity (Wildman–Crippen MR) is 50.6 cm³/mol. The average Bonchev–Trinajstić information content (AvgIpc) is 2.07. The molecule has 1 heterocycles. The summed E-state index contributed by atoms with van der Waals surface area (Å²) in [5.74, 6) is 0. The van der Waals surface area contributed by atoms with Gasteiger partial charge in [0.1, 0.15) is 0 Å². The molecule has 0 fully saturated rings. The predicted octanol–water partition coefficient (Wildman–Crippen LogP) is 2.24. The van der Waals surface area contributed by atoms with Crippen LogP contribution in [0.25, 0.3) is 10.8 Å². The van der Waals surface area contributed by atoms with Crippen LogP contribution in [0.2, 0.25) is 0 Å². The number of fused-ring (bicyclic) bond motifs is 1. The zero-order valence-electron chi connectivity index (χ0n) is 6.20. The lowest BCUT2D eigenvalue weighted by molar-refractivity contribution is -0.603. The van der Waals surface area contributed by atoms with Crippen LogP contribution >= 0.6 is 15.9 Å². The molecule has 0 bridgehead atoms. The van der Waals surface area contributed by atoms with Gasteiger partial charge >= 0.3 is 0 Å². The fourth-order valence-electron chi connectivity index (χ4n) is 1.16. The zero-order chi connectivity index (χ0) is 8.55. The average molecular weight is 224 g/mol. The van der Waals surface area contributed by atoms with Crippen molar-refractivity contribution < 1.29 is 4.73 Å². The van der Waals surface area contributed by atoms with Gasteiger partial charge in [-0.3, -0.25) is 0 Å². The molecular formula is C9H6BrNO. The molecule has 0 aliphatic heterocycles. The summed E-state index contributed by atoms with van der Waals surface area (Å²) in [5.41, 5.74) is 0. The van der Waals surface area contributed by atoms with Crippen molar-refractivity contribution in [3.63, 3.8) is 0 Å². The second-order valence-corrected chi connectivity index (χ2v) is 3.40. The summed E-state index contributed by atoms with van der Waals surface area (Å²) in [6.07, 6.45) is 3.05. The first-order valence-corrected chi connectivity index (χ1v) is 4.34. The fraction of sp³-hybridized carbons (Fsp3) is 0. The second kappa shape index (κ2) is 2.75. The summed E-state index contributed by atoms with van der Waals surface area (Å²) in [6, 6.07) is 7.64. The standard InChI is InChI=1S/C9H6BrNO/c10-9-3-1-2-7-4-5-11(12)6-8(7)9/h1-6H. The van der Waals surface area contributed by atoms with E-state index < -0.39 is 0 Å². The molecule has 1 aromatic carbocycles. The number of halogens is 1. The Labute approximate surface area is 78.2 Å². The smallest absolute Gasteiger partial charge is 0.189 e. The summed E-state index contributed by atoms with van der Waals surface area (Å²) in [7, 11) is 0. The van der Waals surface area contributed by atoms with E-state index in [1.54, 1.807) is 12.3 Å². The van der Waals surface area contributed by atoms with Gasteiger partial charge in [-0.25, -0.2) is 0 Å². The van der Waals surface area contributed by atoms with E-state index in [4.69, 9.17) is 0 Å². The van der Waals surface area contributed by atoms with E-state index in [-0.39, 0.29) is 0 Å². The minimum atomic E-state index is 0.799. The zero-order valence-corrected chi connectivity index (χ0v) is 7.78. The quantitative estimate of drug-likeness (QED) is 0.498. The highest BCUT2D eigenvalue weighted by atomic mass is 79.9. The van der Waals surface area contributed by atoms with Gasteiger partial charge in [-0.15, -0.1) is 0 Å². The first-order valence-electron chi connectivity index (χ1n) is 3.54. The van der Waals surface area contributed by atoms with Crippen molar-refractivity contribution in [1.29, 1.82) is 0 Å². The molecule has 2 rings (SSSR count). The third kappa shape index (κ3) is 1.16. The van der Waals surface area contributed by atoms with E-state index in [1.807, 2.05) is 18.2 Å². The second-order valence-electron chi connectivity index (χ2n) is 2.55. The summed E-state index contributed by atoms with van der Waals surface area (Å²) < 4.78 is 1.75. The van der Waals surface area contributed by atoms with Crippen LogP contribution in [0.15, 0.2) is 41.1 Å². The first-order chi connectivity index (χ1) is 5.77. The van der Waals surface area contributed by atoms with E-state index in [0.717, 1.165) is 20.0 Å². The lowest BCUT2D eigenvalue weighted by Crippen LogP contribution is -2.23. The highest BCUT2D eigenvalue weighted by molar-refractivity contribution is 9.10. The normalized spacial score (nSPS) is 10.4. The number of pyridine rings is 1. The third-order valence-corrected chi connectivity index (χ3v) is 2.44. The molecule has 0 N–H and O–H groups in total. The Morgan fingerprint density at radius 2 is 2.08 bits per heavy atom. The van der Waals surface area contributed by atoms with Gasteiger partial charge < -0.3 is 5.21 Å².